The number of carbonyl (C=O) groups is 1. The van der Waals surface area contributed by atoms with E-state index in [9.17, 15) is 14.9 Å². The highest BCUT2D eigenvalue weighted by Gasteiger charge is 2.30. The number of carbonyl (C=O) groups excluding carboxylic acids is 1. The van der Waals surface area contributed by atoms with Gasteiger partial charge in [0.2, 0.25) is 0 Å². The molecule has 1 aliphatic rings. The quantitative estimate of drug-likeness (QED) is 0.631. The summed E-state index contributed by atoms with van der Waals surface area (Å²) in [6.07, 6.45) is 0.479. The van der Waals surface area contributed by atoms with Gasteiger partial charge in [0.1, 0.15) is 5.60 Å². The Bertz CT molecular complexity index is 615. The molecule has 0 spiro atoms. The third kappa shape index (κ3) is 4.82. The van der Waals surface area contributed by atoms with Gasteiger partial charge in [-0.2, -0.15) is 0 Å². The normalized spacial score (nSPS) is 17.9. The Labute approximate surface area is 143 Å². The van der Waals surface area contributed by atoms with Crippen molar-refractivity contribution >= 4 is 33.4 Å². The Morgan fingerprint density at radius 1 is 1.48 bits per heavy atom. The maximum Gasteiger partial charge on any atom is 0.410 e. The van der Waals surface area contributed by atoms with Crippen LogP contribution in [0.5, 0.6) is 0 Å². The molecule has 7 nitrogen and oxygen atoms in total. The zero-order chi connectivity index (χ0) is 17.2. The fraction of sp³-hybridized carbons (Fsp3) is 0.533. The van der Waals surface area contributed by atoms with Gasteiger partial charge >= 0.3 is 6.09 Å². The molecule has 2 rings (SSSR count). The number of rotatable bonds is 3. The molecule has 0 radical (unpaired) electrons. The van der Waals surface area contributed by atoms with Crippen molar-refractivity contribution in [1.82, 2.24) is 4.90 Å². The average molecular weight is 386 g/mol. The number of ether oxygens (including phenoxy) is 1. The third-order valence-corrected chi connectivity index (χ3v) is 4.02. The predicted octanol–water partition coefficient (Wildman–Crippen LogP) is 3.78. The van der Waals surface area contributed by atoms with Crippen LogP contribution >= 0.6 is 15.9 Å². The van der Waals surface area contributed by atoms with Gasteiger partial charge in [-0.3, -0.25) is 10.1 Å². The van der Waals surface area contributed by atoms with Crippen molar-refractivity contribution in [3.05, 3.63) is 32.8 Å². The van der Waals surface area contributed by atoms with Gasteiger partial charge in [-0.25, -0.2) is 4.79 Å². The van der Waals surface area contributed by atoms with E-state index in [0.29, 0.717) is 17.6 Å². The van der Waals surface area contributed by atoms with Gasteiger partial charge in [0.15, 0.2) is 0 Å². The molecule has 1 unspecified atom stereocenters. The first-order valence-corrected chi connectivity index (χ1v) is 8.13. The first-order valence-electron chi connectivity index (χ1n) is 7.34. The Morgan fingerprint density at radius 2 is 2.17 bits per heavy atom. The summed E-state index contributed by atoms with van der Waals surface area (Å²) in [5.41, 5.74) is 0.292. The lowest BCUT2D eigenvalue weighted by Crippen LogP contribution is -2.36. The van der Waals surface area contributed by atoms with Crippen LogP contribution in [0.25, 0.3) is 0 Å². The van der Waals surface area contributed by atoms with Crippen LogP contribution in [-0.2, 0) is 4.74 Å². The van der Waals surface area contributed by atoms with Crippen molar-refractivity contribution in [2.45, 2.75) is 38.8 Å². The molecule has 0 aromatic heterocycles. The minimum atomic E-state index is -0.510. The molecule has 1 heterocycles. The van der Waals surface area contributed by atoms with Crippen molar-refractivity contribution in [3.8, 4) is 0 Å². The minimum Gasteiger partial charge on any atom is -0.444 e. The van der Waals surface area contributed by atoms with E-state index in [1.807, 2.05) is 20.8 Å². The highest BCUT2D eigenvalue weighted by molar-refractivity contribution is 9.10. The van der Waals surface area contributed by atoms with E-state index in [1.165, 1.54) is 12.1 Å². The Kier molecular flexibility index (Phi) is 5.13. The van der Waals surface area contributed by atoms with E-state index in [0.717, 1.165) is 12.1 Å². The summed E-state index contributed by atoms with van der Waals surface area (Å²) in [5, 5.41) is 14.1. The number of nitrogens with one attached hydrogen (secondary N) is 1. The summed E-state index contributed by atoms with van der Waals surface area (Å²) in [7, 11) is 0. The number of halogens is 1. The van der Waals surface area contributed by atoms with Crippen LogP contribution in [0, 0.1) is 10.1 Å². The Morgan fingerprint density at radius 3 is 2.74 bits per heavy atom. The molecule has 1 aromatic carbocycles. The molecule has 1 aromatic rings. The summed E-state index contributed by atoms with van der Waals surface area (Å²) in [4.78, 5) is 24.0. The van der Waals surface area contributed by atoms with Crippen LogP contribution in [0.3, 0.4) is 0 Å². The van der Waals surface area contributed by atoms with Crippen LogP contribution in [0.1, 0.15) is 27.2 Å². The number of nitro benzene ring substituents is 1. The smallest absolute Gasteiger partial charge is 0.410 e. The number of amides is 1. The minimum absolute atomic E-state index is 0.0317. The predicted molar refractivity (Wildman–Crippen MR) is 90.6 cm³/mol. The third-order valence-electron chi connectivity index (χ3n) is 3.36. The van der Waals surface area contributed by atoms with Gasteiger partial charge in [-0.1, -0.05) is 0 Å². The largest absolute Gasteiger partial charge is 0.444 e. The Hall–Kier alpha value is -1.83. The topological polar surface area (TPSA) is 84.7 Å². The number of nitrogens with zero attached hydrogens (tertiary/aromatic N) is 2. The van der Waals surface area contributed by atoms with Crippen LogP contribution in [-0.4, -0.2) is 40.6 Å². The van der Waals surface area contributed by atoms with Gasteiger partial charge in [0.05, 0.1) is 4.92 Å². The maximum absolute atomic E-state index is 12.0. The maximum atomic E-state index is 12.0. The van der Waals surface area contributed by atoms with Gasteiger partial charge in [-0.05, 0) is 49.2 Å². The van der Waals surface area contributed by atoms with Gasteiger partial charge in [0, 0.05) is 41.4 Å². The molecule has 1 atom stereocenters. The second-order valence-electron chi connectivity index (χ2n) is 6.48. The number of anilines is 1. The lowest BCUT2D eigenvalue weighted by molar-refractivity contribution is -0.384. The van der Waals surface area contributed by atoms with Crippen LogP contribution in [0.15, 0.2) is 22.7 Å². The van der Waals surface area contributed by atoms with E-state index < -0.39 is 10.5 Å². The van der Waals surface area contributed by atoms with Crippen molar-refractivity contribution in [2.24, 2.45) is 0 Å². The fourth-order valence-corrected chi connectivity index (χ4v) is 2.81. The monoisotopic (exact) mass is 385 g/mol. The van der Waals surface area contributed by atoms with Crippen molar-refractivity contribution < 1.29 is 14.5 Å². The zero-order valence-corrected chi connectivity index (χ0v) is 14.9. The standard InChI is InChI=1S/C15H20BrN3O4/c1-15(2,3)23-14(20)18-7-6-10(9-18)17-13-5-4-11(19(21)22)8-12(13)16/h4-5,8,10,17H,6-7,9H2,1-3H3. The summed E-state index contributed by atoms with van der Waals surface area (Å²) in [6, 6.07) is 4.66. The fourth-order valence-electron chi connectivity index (χ4n) is 2.32. The molecule has 8 heteroatoms. The molecule has 23 heavy (non-hydrogen) atoms. The lowest BCUT2D eigenvalue weighted by Gasteiger charge is -2.24. The number of hydrogen-bond acceptors (Lipinski definition) is 5. The second-order valence-corrected chi connectivity index (χ2v) is 7.33. The first kappa shape index (κ1) is 17.5. The second kappa shape index (κ2) is 6.74. The molecule has 0 aliphatic carbocycles. The highest BCUT2D eigenvalue weighted by atomic mass is 79.9. The summed E-state index contributed by atoms with van der Waals surface area (Å²) in [6.45, 7) is 6.68. The molecule has 1 aliphatic heterocycles. The van der Waals surface area contributed by atoms with Crippen molar-refractivity contribution in [2.75, 3.05) is 18.4 Å². The number of nitro groups is 1. The molecular weight excluding hydrogens is 366 g/mol. The molecule has 1 N–H and O–H groups in total. The summed E-state index contributed by atoms with van der Waals surface area (Å²) in [5.74, 6) is 0. The molecule has 126 valence electrons. The van der Waals surface area contributed by atoms with E-state index >= 15 is 0 Å². The number of likely N-dealkylation sites (tertiary alicyclic amines) is 1. The van der Waals surface area contributed by atoms with Crippen LogP contribution in [0.4, 0.5) is 16.2 Å². The van der Waals surface area contributed by atoms with Crippen molar-refractivity contribution in [1.29, 1.82) is 0 Å². The van der Waals surface area contributed by atoms with Gasteiger partial charge in [-0.15, -0.1) is 0 Å². The lowest BCUT2D eigenvalue weighted by atomic mass is 10.2. The number of non-ortho nitro benzene ring substituents is 1. The molecule has 0 saturated carbocycles. The molecular formula is C15H20BrN3O4. The van der Waals surface area contributed by atoms with Gasteiger partial charge in [0.25, 0.3) is 5.69 Å². The SMILES string of the molecule is CC(C)(C)OC(=O)N1CCC(Nc2ccc([N+](=O)[O-])cc2Br)C1. The number of hydrogen-bond donors (Lipinski definition) is 1. The van der Waals surface area contributed by atoms with E-state index in [-0.39, 0.29) is 17.8 Å². The number of benzene rings is 1. The highest BCUT2D eigenvalue weighted by Crippen LogP contribution is 2.29. The molecule has 0 bridgehead atoms. The molecule has 1 amide bonds. The average Bonchev–Trinajstić information content (AvgIpc) is 2.87. The van der Waals surface area contributed by atoms with Gasteiger partial charge < -0.3 is 15.0 Å². The molecule has 1 saturated heterocycles. The summed E-state index contributed by atoms with van der Waals surface area (Å²) < 4.78 is 5.99. The van der Waals surface area contributed by atoms with Crippen molar-refractivity contribution in [3.63, 3.8) is 0 Å². The van der Waals surface area contributed by atoms with E-state index in [2.05, 4.69) is 21.2 Å². The molecule has 1 fully saturated rings. The van der Waals surface area contributed by atoms with Crippen LogP contribution < -0.4 is 5.32 Å². The first-order chi connectivity index (χ1) is 10.7. The summed E-state index contributed by atoms with van der Waals surface area (Å²) >= 11 is 3.33. The van der Waals surface area contributed by atoms with E-state index in [1.54, 1.807) is 11.0 Å². The van der Waals surface area contributed by atoms with Crippen LogP contribution in [0.2, 0.25) is 0 Å². The zero-order valence-electron chi connectivity index (χ0n) is 13.3. The van der Waals surface area contributed by atoms with E-state index in [4.69, 9.17) is 4.74 Å². The Balaban J connectivity index is 1.96.